The summed E-state index contributed by atoms with van der Waals surface area (Å²) in [6, 6.07) is 13.0. The first-order valence-electron chi connectivity index (χ1n) is 4.51. The third-order valence-corrected chi connectivity index (χ3v) is 2.49. The van der Waals surface area contributed by atoms with E-state index in [-0.39, 0.29) is 5.82 Å². The minimum absolute atomic E-state index is 0.196. The average Bonchev–Trinajstić information content (AvgIpc) is 2.59. The summed E-state index contributed by atoms with van der Waals surface area (Å²) in [6.07, 6.45) is 0. The zero-order chi connectivity index (χ0) is 9.54. The fourth-order valence-electron chi connectivity index (χ4n) is 1.84. The summed E-state index contributed by atoms with van der Waals surface area (Å²) in [5.74, 6) is -0.196. The molecular formula is C12H8FN. The van der Waals surface area contributed by atoms with Crippen LogP contribution in [-0.4, -0.2) is 4.98 Å². The Morgan fingerprint density at radius 3 is 2.57 bits per heavy atom. The molecule has 0 spiro atoms. The highest BCUT2D eigenvalue weighted by Gasteiger charge is 2.05. The number of hydrogen-bond acceptors (Lipinski definition) is 0. The van der Waals surface area contributed by atoms with Crippen LogP contribution in [0.2, 0.25) is 0 Å². The quantitative estimate of drug-likeness (QED) is 0.552. The van der Waals surface area contributed by atoms with Gasteiger partial charge in [-0.1, -0.05) is 30.3 Å². The molecule has 0 aliphatic heterocycles. The van der Waals surface area contributed by atoms with Crippen LogP contribution in [0.1, 0.15) is 0 Å². The highest BCUT2D eigenvalue weighted by Crippen LogP contribution is 2.26. The van der Waals surface area contributed by atoms with E-state index in [9.17, 15) is 4.39 Å². The van der Waals surface area contributed by atoms with E-state index in [1.165, 1.54) is 6.07 Å². The smallest absolute Gasteiger partial charge is 0.147 e. The molecule has 68 valence electrons. The molecule has 1 nitrogen and oxygen atoms in total. The van der Waals surface area contributed by atoms with Gasteiger partial charge in [0.2, 0.25) is 0 Å². The summed E-state index contributed by atoms with van der Waals surface area (Å²) < 4.78 is 13.4. The van der Waals surface area contributed by atoms with Crippen molar-refractivity contribution in [2.45, 2.75) is 0 Å². The average molecular weight is 185 g/mol. The summed E-state index contributed by atoms with van der Waals surface area (Å²) in [4.78, 5) is 3.07. The first-order valence-corrected chi connectivity index (χ1v) is 4.51. The lowest BCUT2D eigenvalue weighted by Crippen LogP contribution is -1.74. The van der Waals surface area contributed by atoms with Crippen molar-refractivity contribution in [3.63, 3.8) is 0 Å². The lowest BCUT2D eigenvalue weighted by Gasteiger charge is -1.90. The molecule has 2 heteroatoms. The van der Waals surface area contributed by atoms with Gasteiger partial charge in [0, 0.05) is 16.3 Å². The Balaban J connectivity index is 2.63. The number of benzene rings is 2. The molecule has 0 saturated heterocycles. The monoisotopic (exact) mass is 185 g/mol. The van der Waals surface area contributed by atoms with Crippen molar-refractivity contribution in [2.75, 3.05) is 0 Å². The van der Waals surface area contributed by atoms with Gasteiger partial charge in [0.25, 0.3) is 0 Å². The largest absolute Gasteiger partial charge is 0.352 e. The van der Waals surface area contributed by atoms with Crippen LogP contribution in [-0.2, 0) is 0 Å². The molecule has 1 N–H and O–H groups in total. The van der Waals surface area contributed by atoms with Crippen LogP contribution in [0.25, 0.3) is 21.8 Å². The van der Waals surface area contributed by atoms with Gasteiger partial charge in [-0.2, -0.15) is 0 Å². The predicted octanol–water partition coefficient (Wildman–Crippen LogP) is 3.46. The molecular weight excluding hydrogens is 177 g/mol. The molecule has 2 aromatic carbocycles. The number of halogens is 1. The third-order valence-electron chi connectivity index (χ3n) is 2.49. The maximum atomic E-state index is 13.4. The number of aromatic nitrogens is 1. The molecule has 0 radical (unpaired) electrons. The van der Waals surface area contributed by atoms with Gasteiger partial charge in [-0.3, -0.25) is 0 Å². The molecule has 3 aromatic rings. The van der Waals surface area contributed by atoms with Gasteiger partial charge in [0.05, 0.1) is 5.52 Å². The Hall–Kier alpha value is -1.83. The van der Waals surface area contributed by atoms with Crippen LogP contribution < -0.4 is 0 Å². The minimum atomic E-state index is -0.196. The van der Waals surface area contributed by atoms with Crippen LogP contribution in [0, 0.1) is 5.82 Å². The summed E-state index contributed by atoms with van der Waals surface area (Å²) in [5.41, 5.74) is 1.57. The van der Waals surface area contributed by atoms with Crippen molar-refractivity contribution in [1.82, 2.24) is 4.98 Å². The third kappa shape index (κ3) is 0.880. The molecule has 1 heterocycles. The van der Waals surface area contributed by atoms with E-state index in [1.54, 1.807) is 6.07 Å². The molecule has 0 bridgehead atoms. The van der Waals surface area contributed by atoms with Gasteiger partial charge in [0.1, 0.15) is 5.82 Å². The van der Waals surface area contributed by atoms with Gasteiger partial charge in [-0.25, -0.2) is 4.39 Å². The summed E-state index contributed by atoms with van der Waals surface area (Å²) in [7, 11) is 0. The van der Waals surface area contributed by atoms with Gasteiger partial charge in [0.15, 0.2) is 0 Å². The van der Waals surface area contributed by atoms with Crippen LogP contribution in [0.15, 0.2) is 42.5 Å². The van der Waals surface area contributed by atoms with Gasteiger partial charge in [-0.05, 0) is 12.1 Å². The van der Waals surface area contributed by atoms with E-state index in [4.69, 9.17) is 0 Å². The molecule has 0 amide bonds. The normalized spacial score (nSPS) is 11.2. The van der Waals surface area contributed by atoms with E-state index >= 15 is 0 Å². The second kappa shape index (κ2) is 2.58. The number of rotatable bonds is 0. The van der Waals surface area contributed by atoms with Crippen molar-refractivity contribution < 1.29 is 4.39 Å². The van der Waals surface area contributed by atoms with Gasteiger partial charge >= 0.3 is 0 Å². The Morgan fingerprint density at radius 2 is 1.64 bits per heavy atom. The van der Waals surface area contributed by atoms with Gasteiger partial charge in [-0.15, -0.1) is 0 Å². The van der Waals surface area contributed by atoms with Crippen molar-refractivity contribution in [1.29, 1.82) is 0 Å². The van der Waals surface area contributed by atoms with Gasteiger partial charge < -0.3 is 4.98 Å². The number of H-pyrrole nitrogens is 1. The van der Waals surface area contributed by atoms with Crippen molar-refractivity contribution in [3.8, 4) is 0 Å². The van der Waals surface area contributed by atoms with Crippen molar-refractivity contribution in [3.05, 3.63) is 48.3 Å². The Labute approximate surface area is 80.2 Å². The molecule has 0 fully saturated rings. The zero-order valence-electron chi connectivity index (χ0n) is 7.42. The molecule has 1 aromatic heterocycles. The first-order chi connectivity index (χ1) is 6.86. The SMILES string of the molecule is Fc1cccc2c1[nH]c1ccccc12. The van der Waals surface area contributed by atoms with E-state index < -0.39 is 0 Å². The number of hydrogen-bond donors (Lipinski definition) is 1. The standard InChI is InChI=1S/C12H8FN/c13-10-6-3-5-9-8-4-1-2-7-11(8)14-12(9)10/h1-7,14H. The topological polar surface area (TPSA) is 15.8 Å². The lowest BCUT2D eigenvalue weighted by atomic mass is 10.1. The second-order valence-corrected chi connectivity index (χ2v) is 3.33. The number of fused-ring (bicyclic) bond motifs is 3. The number of aromatic amines is 1. The fraction of sp³-hybridized carbons (Fsp3) is 0. The van der Waals surface area contributed by atoms with Crippen LogP contribution in [0.5, 0.6) is 0 Å². The first kappa shape index (κ1) is 7.56. The molecule has 0 atom stereocenters. The summed E-state index contributed by atoms with van der Waals surface area (Å²) in [5, 5.41) is 2.02. The maximum absolute atomic E-state index is 13.4. The van der Waals surface area contributed by atoms with Crippen LogP contribution in [0.4, 0.5) is 4.39 Å². The summed E-state index contributed by atoms with van der Waals surface area (Å²) >= 11 is 0. The van der Waals surface area contributed by atoms with E-state index in [1.807, 2.05) is 30.3 Å². The number of para-hydroxylation sites is 2. The van der Waals surface area contributed by atoms with E-state index in [0.29, 0.717) is 5.52 Å². The maximum Gasteiger partial charge on any atom is 0.147 e. The number of nitrogens with one attached hydrogen (secondary N) is 1. The molecule has 0 aliphatic carbocycles. The minimum Gasteiger partial charge on any atom is -0.352 e. The molecule has 14 heavy (non-hydrogen) atoms. The molecule has 0 unspecified atom stereocenters. The Bertz CT molecular complexity index is 610. The predicted molar refractivity (Wildman–Crippen MR) is 55.8 cm³/mol. The second-order valence-electron chi connectivity index (χ2n) is 3.33. The fourth-order valence-corrected chi connectivity index (χ4v) is 1.84. The van der Waals surface area contributed by atoms with E-state index in [0.717, 1.165) is 16.3 Å². The zero-order valence-corrected chi connectivity index (χ0v) is 7.42. The van der Waals surface area contributed by atoms with Crippen LogP contribution >= 0.6 is 0 Å². The summed E-state index contributed by atoms with van der Waals surface area (Å²) in [6.45, 7) is 0. The molecule has 0 saturated carbocycles. The lowest BCUT2D eigenvalue weighted by molar-refractivity contribution is 0.637. The highest BCUT2D eigenvalue weighted by molar-refractivity contribution is 6.07. The molecule has 0 aliphatic rings. The van der Waals surface area contributed by atoms with Crippen molar-refractivity contribution in [2.24, 2.45) is 0 Å². The Kier molecular flexibility index (Phi) is 1.39. The van der Waals surface area contributed by atoms with E-state index in [2.05, 4.69) is 4.98 Å². The van der Waals surface area contributed by atoms with Crippen LogP contribution in [0.3, 0.4) is 0 Å². The highest BCUT2D eigenvalue weighted by atomic mass is 19.1. The van der Waals surface area contributed by atoms with Crippen molar-refractivity contribution >= 4 is 21.8 Å². The molecule has 3 rings (SSSR count). The Morgan fingerprint density at radius 1 is 0.857 bits per heavy atom.